The van der Waals surface area contributed by atoms with E-state index in [4.69, 9.17) is 0 Å². The average molecular weight is 392 g/mol. The molecule has 140 valence electrons. The van der Waals surface area contributed by atoms with E-state index in [9.17, 15) is 0 Å². The molecule has 1 fully saturated rings. The van der Waals surface area contributed by atoms with Crippen LogP contribution in [-0.2, 0) is 0 Å². The van der Waals surface area contributed by atoms with Crippen molar-refractivity contribution >= 4 is 27.1 Å². The Morgan fingerprint density at radius 1 is 0.852 bits per heavy atom. The van der Waals surface area contributed by atoms with Crippen LogP contribution in [0, 0.1) is 0 Å². The zero-order valence-electron chi connectivity index (χ0n) is 16.3. The van der Waals surface area contributed by atoms with Gasteiger partial charge in [-0.25, -0.2) is 0 Å². The molecular weight excluding hydrogens is 362 g/mol. The summed E-state index contributed by atoms with van der Waals surface area (Å²) >= 11 is 0. The van der Waals surface area contributed by atoms with Crippen LogP contribution in [0.25, 0.3) is 0 Å². The molecule has 0 nitrogen and oxygen atoms in total. The summed E-state index contributed by atoms with van der Waals surface area (Å²) in [6.07, 6.45) is 13.3. The van der Waals surface area contributed by atoms with Crippen LogP contribution in [0.4, 0.5) is 0 Å². The van der Waals surface area contributed by atoms with Crippen molar-refractivity contribution in [1.82, 2.24) is 0 Å². The minimum absolute atomic E-state index is 0.425. The van der Waals surface area contributed by atoms with Gasteiger partial charge in [-0.3, -0.25) is 0 Å². The minimum Gasteiger partial charge on any atom is -0.111 e. The van der Waals surface area contributed by atoms with Crippen molar-refractivity contribution in [2.45, 2.75) is 56.8 Å². The molecule has 0 amide bonds. The van der Waals surface area contributed by atoms with Crippen molar-refractivity contribution in [2.24, 2.45) is 0 Å². The quantitative estimate of drug-likeness (QED) is 0.478. The third-order valence-electron chi connectivity index (χ3n) is 5.80. The van der Waals surface area contributed by atoms with Gasteiger partial charge in [0.1, 0.15) is 0 Å². The highest BCUT2D eigenvalue weighted by Crippen LogP contribution is 2.52. The molecule has 0 bridgehead atoms. The summed E-state index contributed by atoms with van der Waals surface area (Å²) in [5, 5.41) is 4.67. The summed E-state index contributed by atoms with van der Waals surface area (Å²) in [7, 11) is 0.659. The molecule has 2 aliphatic rings. The van der Waals surface area contributed by atoms with Gasteiger partial charge < -0.3 is 0 Å². The summed E-state index contributed by atoms with van der Waals surface area (Å²) in [4.78, 5) is 0. The molecule has 0 radical (unpaired) electrons. The molecule has 2 aromatic carbocycles. The number of rotatable bonds is 6. The lowest BCUT2D eigenvalue weighted by Gasteiger charge is -2.28. The minimum atomic E-state index is -0.425. The second kappa shape index (κ2) is 9.32. The lowest BCUT2D eigenvalue weighted by molar-refractivity contribution is 0.512. The maximum Gasteiger partial charge on any atom is -0.000834 e. The smallest absolute Gasteiger partial charge is 0.000834 e. The maximum atomic E-state index is 2.49. The molecule has 2 aromatic rings. The molecule has 27 heavy (non-hydrogen) atoms. The zero-order chi connectivity index (χ0) is 18.5. The van der Waals surface area contributed by atoms with E-state index in [1.807, 2.05) is 0 Å². The Balaban J connectivity index is 1.66. The Bertz CT molecular complexity index is 746. The second-order valence-corrected chi connectivity index (χ2v) is 12.0. The second-order valence-electron chi connectivity index (χ2n) is 7.74. The monoisotopic (exact) mass is 392 g/mol. The van der Waals surface area contributed by atoms with E-state index in [0.717, 1.165) is 20.7 Å². The van der Waals surface area contributed by atoms with Gasteiger partial charge in [0, 0.05) is 0 Å². The topological polar surface area (TPSA) is 0 Å². The van der Waals surface area contributed by atoms with E-state index >= 15 is 0 Å². The van der Waals surface area contributed by atoms with E-state index < -0.39 is 7.92 Å². The van der Waals surface area contributed by atoms with E-state index in [1.54, 1.807) is 10.9 Å². The zero-order valence-corrected chi connectivity index (χ0v) is 18.2. The van der Waals surface area contributed by atoms with Gasteiger partial charge in [0.25, 0.3) is 0 Å². The molecule has 0 spiro atoms. The Morgan fingerprint density at radius 3 is 2.04 bits per heavy atom. The molecule has 0 aromatic heterocycles. The molecule has 0 heterocycles. The van der Waals surface area contributed by atoms with Crippen LogP contribution in [0.2, 0.25) is 0 Å². The largest absolute Gasteiger partial charge is 0.111 e. The van der Waals surface area contributed by atoms with Crippen molar-refractivity contribution < 1.29 is 0 Å². The number of benzene rings is 2. The first-order valence-electron chi connectivity index (χ1n) is 10.4. The molecule has 2 aliphatic carbocycles. The van der Waals surface area contributed by atoms with Crippen LogP contribution < -0.4 is 10.6 Å². The third kappa shape index (κ3) is 4.62. The third-order valence-corrected chi connectivity index (χ3v) is 10.3. The number of hydrogen-bond donors (Lipinski definition) is 0. The molecular formula is C25H30P2. The molecule has 1 saturated carbocycles. The Hall–Kier alpha value is -1.22. The highest BCUT2D eigenvalue weighted by molar-refractivity contribution is 7.76. The van der Waals surface area contributed by atoms with Gasteiger partial charge in [-0.1, -0.05) is 99.0 Å². The Labute approximate surface area is 167 Å². The van der Waals surface area contributed by atoms with Crippen LogP contribution >= 0.6 is 16.5 Å². The average Bonchev–Trinajstić information content (AvgIpc) is 3.20. The van der Waals surface area contributed by atoms with Crippen LogP contribution in [0.1, 0.15) is 45.4 Å². The first kappa shape index (κ1) is 19.1. The summed E-state index contributed by atoms with van der Waals surface area (Å²) in [5.41, 5.74) is 3.33. The van der Waals surface area contributed by atoms with Gasteiger partial charge in [0.05, 0.1) is 0 Å². The molecule has 2 atom stereocenters. The molecule has 0 N–H and O–H groups in total. The van der Waals surface area contributed by atoms with Gasteiger partial charge in [-0.05, 0) is 60.0 Å². The molecule has 2 heteroatoms. The summed E-state index contributed by atoms with van der Waals surface area (Å²) in [5.74, 6) is 0. The maximum absolute atomic E-state index is 2.49. The SMILES string of the molecule is C[C@@H](PC1CCCCC1)C1=C(P(c2ccccc2)c2ccccc2)CC=C1. The van der Waals surface area contributed by atoms with Gasteiger partial charge in [-0.2, -0.15) is 0 Å². The number of allylic oxidation sites excluding steroid dienone is 4. The van der Waals surface area contributed by atoms with Crippen LogP contribution in [0.5, 0.6) is 0 Å². The van der Waals surface area contributed by atoms with E-state index in [1.165, 1.54) is 42.7 Å². The van der Waals surface area contributed by atoms with Gasteiger partial charge >= 0.3 is 0 Å². The van der Waals surface area contributed by atoms with Crippen LogP contribution in [0.3, 0.4) is 0 Å². The fourth-order valence-electron chi connectivity index (χ4n) is 4.45. The standard InChI is InChI=1S/C25H30P2/c1-20(26-21-12-5-2-6-13-21)24-18-11-19-25(24)27(22-14-7-3-8-15-22)23-16-9-4-10-17-23/h3-4,7-11,14-18,20-21,26H,2,5-6,12-13,19H2,1H3/t20-/m1/s1. The highest BCUT2D eigenvalue weighted by Gasteiger charge is 2.26. The molecule has 0 saturated heterocycles. The fraction of sp³-hybridized carbons (Fsp3) is 0.360. The first-order chi connectivity index (χ1) is 13.3. The number of hydrogen-bond acceptors (Lipinski definition) is 0. The summed E-state index contributed by atoms with van der Waals surface area (Å²) < 4.78 is 0. The van der Waals surface area contributed by atoms with E-state index in [-0.39, 0.29) is 0 Å². The lowest BCUT2D eigenvalue weighted by atomic mass is 10.0. The van der Waals surface area contributed by atoms with Crippen LogP contribution in [-0.4, -0.2) is 11.3 Å². The Morgan fingerprint density at radius 2 is 1.44 bits per heavy atom. The fourth-order valence-corrected chi connectivity index (χ4v) is 9.15. The van der Waals surface area contributed by atoms with Crippen molar-refractivity contribution in [3.05, 3.63) is 83.7 Å². The molecule has 0 aliphatic heterocycles. The van der Waals surface area contributed by atoms with Gasteiger partial charge in [0.15, 0.2) is 0 Å². The van der Waals surface area contributed by atoms with Gasteiger partial charge in [0.2, 0.25) is 0 Å². The summed E-state index contributed by atoms with van der Waals surface area (Å²) in [6.45, 7) is 2.49. The Kier molecular flexibility index (Phi) is 6.60. The lowest BCUT2D eigenvalue weighted by Crippen LogP contribution is -2.15. The van der Waals surface area contributed by atoms with E-state index in [0.29, 0.717) is 5.66 Å². The van der Waals surface area contributed by atoms with Crippen molar-refractivity contribution in [1.29, 1.82) is 0 Å². The van der Waals surface area contributed by atoms with E-state index in [2.05, 4.69) is 79.7 Å². The van der Waals surface area contributed by atoms with Crippen molar-refractivity contribution in [2.75, 3.05) is 0 Å². The van der Waals surface area contributed by atoms with Crippen LogP contribution in [0.15, 0.2) is 83.7 Å². The van der Waals surface area contributed by atoms with Crippen molar-refractivity contribution in [3.63, 3.8) is 0 Å². The normalized spacial score (nSPS) is 19.5. The van der Waals surface area contributed by atoms with Crippen molar-refractivity contribution in [3.8, 4) is 0 Å². The first-order valence-corrected chi connectivity index (χ1v) is 12.9. The summed E-state index contributed by atoms with van der Waals surface area (Å²) in [6, 6.07) is 22.4. The predicted molar refractivity (Wildman–Crippen MR) is 125 cm³/mol. The molecule has 1 unspecified atom stereocenters. The predicted octanol–water partition coefficient (Wildman–Crippen LogP) is 6.73. The molecule has 4 rings (SSSR count). The van der Waals surface area contributed by atoms with Gasteiger partial charge in [-0.15, -0.1) is 8.58 Å². The highest BCUT2D eigenvalue weighted by atomic mass is 31.1.